The molecule has 2 saturated carbocycles. The Labute approximate surface area is 168 Å². The highest BCUT2D eigenvalue weighted by molar-refractivity contribution is 5.29. The summed E-state index contributed by atoms with van der Waals surface area (Å²) in [6, 6.07) is 11.0. The zero-order valence-corrected chi connectivity index (χ0v) is 18.8. The van der Waals surface area contributed by atoms with Gasteiger partial charge in [0.1, 0.15) is 0 Å². The standard InChI is InChI=1S/C26H43N/c1-25(2,3)21-11-7-19(8-12-21)20-9-15-23(16-10-20)27-24-17-13-22(14-18-24)26(4,5)6/h7-8,11-12,20,22-24,27H,9-10,13-18H2,1-6H3. The fourth-order valence-electron chi connectivity index (χ4n) is 5.31. The summed E-state index contributed by atoms with van der Waals surface area (Å²) in [5, 5.41) is 4.03. The lowest BCUT2D eigenvalue weighted by atomic mass is 9.71. The van der Waals surface area contributed by atoms with E-state index in [0.29, 0.717) is 5.41 Å². The van der Waals surface area contributed by atoms with E-state index in [1.54, 1.807) is 5.56 Å². The lowest BCUT2D eigenvalue weighted by molar-refractivity contribution is 0.151. The van der Waals surface area contributed by atoms with Crippen LogP contribution in [0.1, 0.15) is 110 Å². The van der Waals surface area contributed by atoms with Gasteiger partial charge in [-0.05, 0) is 85.2 Å². The topological polar surface area (TPSA) is 12.0 Å². The van der Waals surface area contributed by atoms with E-state index < -0.39 is 0 Å². The zero-order valence-electron chi connectivity index (χ0n) is 18.8. The van der Waals surface area contributed by atoms with Gasteiger partial charge in [-0.1, -0.05) is 65.8 Å². The molecule has 2 aliphatic carbocycles. The zero-order chi connectivity index (χ0) is 19.7. The van der Waals surface area contributed by atoms with Crippen LogP contribution in [0.15, 0.2) is 24.3 Å². The van der Waals surface area contributed by atoms with E-state index in [4.69, 9.17) is 0 Å². The molecule has 0 aromatic heterocycles. The van der Waals surface area contributed by atoms with Crippen molar-refractivity contribution in [2.24, 2.45) is 11.3 Å². The van der Waals surface area contributed by atoms with Crippen molar-refractivity contribution in [3.63, 3.8) is 0 Å². The van der Waals surface area contributed by atoms with Crippen molar-refractivity contribution in [2.45, 2.75) is 116 Å². The third-order valence-corrected chi connectivity index (χ3v) is 7.40. The van der Waals surface area contributed by atoms with Crippen LogP contribution >= 0.6 is 0 Å². The van der Waals surface area contributed by atoms with Gasteiger partial charge < -0.3 is 5.32 Å². The molecular weight excluding hydrogens is 326 g/mol. The third-order valence-electron chi connectivity index (χ3n) is 7.40. The first-order chi connectivity index (χ1) is 12.6. The molecule has 0 amide bonds. The van der Waals surface area contributed by atoms with Crippen molar-refractivity contribution in [2.75, 3.05) is 0 Å². The van der Waals surface area contributed by atoms with E-state index in [-0.39, 0.29) is 5.41 Å². The van der Waals surface area contributed by atoms with Crippen molar-refractivity contribution in [3.05, 3.63) is 35.4 Å². The molecule has 2 fully saturated rings. The molecule has 152 valence electrons. The van der Waals surface area contributed by atoms with Crippen LogP contribution in [0.5, 0.6) is 0 Å². The lowest BCUT2D eigenvalue weighted by Gasteiger charge is -2.39. The summed E-state index contributed by atoms with van der Waals surface area (Å²) in [7, 11) is 0. The van der Waals surface area contributed by atoms with Crippen molar-refractivity contribution in [1.82, 2.24) is 5.32 Å². The molecule has 27 heavy (non-hydrogen) atoms. The Bertz CT molecular complexity index is 570. The predicted molar refractivity (Wildman–Crippen MR) is 118 cm³/mol. The Morgan fingerprint density at radius 3 is 1.59 bits per heavy atom. The Hall–Kier alpha value is -0.820. The second kappa shape index (κ2) is 8.27. The molecule has 0 atom stereocenters. The van der Waals surface area contributed by atoms with Gasteiger partial charge in [0.25, 0.3) is 0 Å². The van der Waals surface area contributed by atoms with Crippen LogP contribution in [0.3, 0.4) is 0 Å². The van der Waals surface area contributed by atoms with Crippen molar-refractivity contribution in [1.29, 1.82) is 0 Å². The number of benzene rings is 1. The van der Waals surface area contributed by atoms with Gasteiger partial charge in [-0.25, -0.2) is 0 Å². The average Bonchev–Trinajstić information content (AvgIpc) is 2.61. The Morgan fingerprint density at radius 1 is 0.667 bits per heavy atom. The van der Waals surface area contributed by atoms with Crippen LogP contribution in [-0.4, -0.2) is 12.1 Å². The van der Waals surface area contributed by atoms with Crippen LogP contribution < -0.4 is 5.32 Å². The van der Waals surface area contributed by atoms with Crippen LogP contribution in [0.4, 0.5) is 0 Å². The van der Waals surface area contributed by atoms with Crippen LogP contribution in [0, 0.1) is 11.3 Å². The van der Waals surface area contributed by atoms with Crippen LogP contribution in [0.25, 0.3) is 0 Å². The summed E-state index contributed by atoms with van der Waals surface area (Å²) >= 11 is 0. The molecule has 3 rings (SSSR count). The summed E-state index contributed by atoms with van der Waals surface area (Å²) in [6.07, 6.45) is 11.0. The molecular formula is C26H43N. The molecule has 0 unspecified atom stereocenters. The molecule has 0 saturated heterocycles. The maximum Gasteiger partial charge on any atom is 0.00700 e. The first-order valence-electron chi connectivity index (χ1n) is 11.5. The van der Waals surface area contributed by atoms with Crippen LogP contribution in [0.2, 0.25) is 0 Å². The molecule has 1 aromatic rings. The van der Waals surface area contributed by atoms with Gasteiger partial charge in [0, 0.05) is 12.1 Å². The molecule has 0 radical (unpaired) electrons. The molecule has 1 nitrogen and oxygen atoms in total. The van der Waals surface area contributed by atoms with Gasteiger partial charge >= 0.3 is 0 Å². The molecule has 1 aromatic carbocycles. The SMILES string of the molecule is CC(C)(C)c1ccc(C2CCC(NC3CCC(C(C)(C)C)CC3)CC2)cc1. The van der Waals surface area contributed by atoms with Gasteiger partial charge in [0.05, 0.1) is 0 Å². The first-order valence-corrected chi connectivity index (χ1v) is 11.5. The number of rotatable bonds is 3. The maximum absolute atomic E-state index is 4.03. The Kier molecular flexibility index (Phi) is 6.41. The van der Waals surface area contributed by atoms with E-state index in [2.05, 4.69) is 71.1 Å². The Morgan fingerprint density at radius 2 is 1.15 bits per heavy atom. The monoisotopic (exact) mass is 369 g/mol. The van der Waals surface area contributed by atoms with Gasteiger partial charge in [0.2, 0.25) is 0 Å². The van der Waals surface area contributed by atoms with E-state index in [0.717, 1.165) is 23.9 Å². The molecule has 0 bridgehead atoms. The lowest BCUT2D eigenvalue weighted by Crippen LogP contribution is -2.43. The van der Waals surface area contributed by atoms with Gasteiger partial charge in [-0.2, -0.15) is 0 Å². The number of hydrogen-bond donors (Lipinski definition) is 1. The molecule has 1 N–H and O–H groups in total. The normalized spacial score (nSPS) is 30.3. The van der Waals surface area contributed by atoms with E-state index in [1.165, 1.54) is 56.9 Å². The largest absolute Gasteiger partial charge is 0.311 e. The van der Waals surface area contributed by atoms with Gasteiger partial charge in [-0.15, -0.1) is 0 Å². The van der Waals surface area contributed by atoms with Crippen molar-refractivity contribution < 1.29 is 0 Å². The third kappa shape index (κ3) is 5.59. The summed E-state index contributed by atoms with van der Waals surface area (Å²) in [5.74, 6) is 1.69. The molecule has 2 aliphatic rings. The maximum atomic E-state index is 4.03. The second-order valence-electron chi connectivity index (χ2n) is 11.5. The number of nitrogens with one attached hydrogen (secondary N) is 1. The molecule has 0 spiro atoms. The highest BCUT2D eigenvalue weighted by Gasteiger charge is 2.31. The fraction of sp³-hybridized carbons (Fsp3) is 0.769. The summed E-state index contributed by atoms with van der Waals surface area (Å²) in [4.78, 5) is 0. The predicted octanol–water partition coefficient (Wildman–Crippen LogP) is 7.20. The van der Waals surface area contributed by atoms with Gasteiger partial charge in [0.15, 0.2) is 0 Å². The summed E-state index contributed by atoms with van der Waals surface area (Å²) in [6.45, 7) is 14.2. The molecule has 0 aliphatic heterocycles. The summed E-state index contributed by atoms with van der Waals surface area (Å²) < 4.78 is 0. The quantitative estimate of drug-likeness (QED) is 0.593. The average molecular weight is 370 g/mol. The van der Waals surface area contributed by atoms with E-state index in [9.17, 15) is 0 Å². The minimum Gasteiger partial charge on any atom is -0.311 e. The highest BCUT2D eigenvalue weighted by Crippen LogP contribution is 2.39. The summed E-state index contributed by atoms with van der Waals surface area (Å²) in [5.41, 5.74) is 3.76. The molecule has 0 heterocycles. The number of hydrogen-bond acceptors (Lipinski definition) is 1. The minimum absolute atomic E-state index is 0.256. The van der Waals surface area contributed by atoms with Gasteiger partial charge in [-0.3, -0.25) is 0 Å². The van der Waals surface area contributed by atoms with E-state index in [1.807, 2.05) is 0 Å². The Balaban J connectivity index is 1.44. The first kappa shape index (κ1) is 20.9. The minimum atomic E-state index is 0.256. The van der Waals surface area contributed by atoms with Crippen LogP contribution in [-0.2, 0) is 5.41 Å². The smallest absolute Gasteiger partial charge is 0.00700 e. The molecule has 1 heteroatoms. The highest BCUT2D eigenvalue weighted by atomic mass is 15.0. The van der Waals surface area contributed by atoms with Crippen molar-refractivity contribution in [3.8, 4) is 0 Å². The van der Waals surface area contributed by atoms with E-state index >= 15 is 0 Å². The second-order valence-corrected chi connectivity index (χ2v) is 11.5. The van der Waals surface area contributed by atoms with Crippen molar-refractivity contribution >= 4 is 0 Å². The fourth-order valence-corrected chi connectivity index (χ4v) is 5.31.